The van der Waals surface area contributed by atoms with Crippen LogP contribution in [0.1, 0.15) is 17.8 Å². The minimum absolute atomic E-state index is 0.0268. The first kappa shape index (κ1) is 10.5. The van der Waals surface area contributed by atoms with E-state index in [1.54, 1.807) is 0 Å². The zero-order valence-corrected chi connectivity index (χ0v) is 8.84. The lowest BCUT2D eigenvalue weighted by molar-refractivity contribution is -0.137. The second kappa shape index (κ2) is 4.22. The summed E-state index contributed by atoms with van der Waals surface area (Å²) in [4.78, 5) is 14.7. The molecule has 1 aromatic heterocycles. The van der Waals surface area contributed by atoms with Crippen LogP contribution in [0.4, 0.5) is 0 Å². The predicted molar refractivity (Wildman–Crippen MR) is 58.0 cm³/mol. The number of nitrogens with zero attached hydrogens (tertiary/aromatic N) is 3. The standard InChI is InChI=1S/C11H11N3O2/c1-7-2-3-8-9(6-7)12-10(14-13-8)4-5-11(15)16/h2-3,6H,4-5H2,1H3,(H,15,16). The number of aryl methyl sites for hydroxylation is 2. The summed E-state index contributed by atoms with van der Waals surface area (Å²) in [6, 6.07) is 5.70. The van der Waals surface area contributed by atoms with Gasteiger partial charge in [0, 0.05) is 6.42 Å². The van der Waals surface area contributed by atoms with E-state index in [-0.39, 0.29) is 6.42 Å². The van der Waals surface area contributed by atoms with Crippen molar-refractivity contribution in [3.63, 3.8) is 0 Å². The maximum Gasteiger partial charge on any atom is 0.303 e. The fraction of sp³-hybridized carbons (Fsp3) is 0.273. The first-order valence-electron chi connectivity index (χ1n) is 4.97. The number of carboxylic acid groups (broad SMARTS) is 1. The van der Waals surface area contributed by atoms with E-state index in [1.165, 1.54) is 0 Å². The van der Waals surface area contributed by atoms with Gasteiger partial charge in [0.15, 0.2) is 5.82 Å². The summed E-state index contributed by atoms with van der Waals surface area (Å²) in [5.41, 5.74) is 2.58. The number of benzene rings is 1. The maximum atomic E-state index is 10.4. The average molecular weight is 217 g/mol. The Balaban J connectivity index is 2.31. The number of aromatic nitrogens is 3. The van der Waals surface area contributed by atoms with E-state index in [0.717, 1.165) is 16.6 Å². The van der Waals surface area contributed by atoms with Gasteiger partial charge in [0.25, 0.3) is 0 Å². The van der Waals surface area contributed by atoms with Crippen molar-refractivity contribution in [3.05, 3.63) is 29.6 Å². The minimum Gasteiger partial charge on any atom is -0.481 e. The number of hydrogen-bond donors (Lipinski definition) is 1. The molecule has 0 unspecified atom stereocenters. The Morgan fingerprint density at radius 3 is 2.88 bits per heavy atom. The summed E-state index contributed by atoms with van der Waals surface area (Å²) < 4.78 is 0. The molecule has 0 saturated heterocycles. The van der Waals surface area contributed by atoms with Gasteiger partial charge in [-0.2, -0.15) is 0 Å². The zero-order valence-electron chi connectivity index (χ0n) is 8.84. The average Bonchev–Trinajstić information content (AvgIpc) is 2.25. The summed E-state index contributed by atoms with van der Waals surface area (Å²) >= 11 is 0. The van der Waals surface area contributed by atoms with E-state index in [2.05, 4.69) is 15.2 Å². The first-order chi connectivity index (χ1) is 7.65. The van der Waals surface area contributed by atoms with E-state index in [0.29, 0.717) is 12.2 Å². The summed E-state index contributed by atoms with van der Waals surface area (Å²) in [7, 11) is 0. The van der Waals surface area contributed by atoms with Gasteiger partial charge in [-0.25, -0.2) is 4.98 Å². The lowest BCUT2D eigenvalue weighted by Crippen LogP contribution is -2.03. The van der Waals surface area contributed by atoms with Crippen molar-refractivity contribution in [2.75, 3.05) is 0 Å². The van der Waals surface area contributed by atoms with Crippen molar-refractivity contribution in [2.24, 2.45) is 0 Å². The molecule has 0 saturated carbocycles. The molecule has 82 valence electrons. The second-order valence-corrected chi connectivity index (χ2v) is 3.61. The minimum atomic E-state index is -0.854. The number of carbonyl (C=O) groups is 1. The highest BCUT2D eigenvalue weighted by molar-refractivity contribution is 5.74. The normalized spacial score (nSPS) is 10.6. The van der Waals surface area contributed by atoms with Crippen LogP contribution >= 0.6 is 0 Å². The quantitative estimate of drug-likeness (QED) is 0.839. The van der Waals surface area contributed by atoms with E-state index in [1.807, 2.05) is 25.1 Å². The Morgan fingerprint density at radius 1 is 1.31 bits per heavy atom. The van der Waals surface area contributed by atoms with Crippen LogP contribution in [-0.2, 0) is 11.2 Å². The van der Waals surface area contributed by atoms with Crippen molar-refractivity contribution in [2.45, 2.75) is 19.8 Å². The summed E-state index contributed by atoms with van der Waals surface area (Å²) in [6.07, 6.45) is 0.339. The summed E-state index contributed by atoms with van der Waals surface area (Å²) in [5.74, 6) is -0.381. The lowest BCUT2D eigenvalue weighted by atomic mass is 10.2. The Kier molecular flexibility index (Phi) is 2.76. The molecule has 0 spiro atoms. The molecular weight excluding hydrogens is 206 g/mol. The van der Waals surface area contributed by atoms with Crippen molar-refractivity contribution >= 4 is 17.0 Å². The molecule has 1 heterocycles. The SMILES string of the molecule is Cc1ccc2nnc(CCC(=O)O)nc2c1. The molecule has 1 aromatic carbocycles. The predicted octanol–water partition coefficient (Wildman–Crippen LogP) is 1.35. The number of aliphatic carboxylic acids is 1. The van der Waals surface area contributed by atoms with Gasteiger partial charge in [-0.3, -0.25) is 4.79 Å². The molecule has 0 aliphatic heterocycles. The van der Waals surface area contributed by atoms with Gasteiger partial charge in [0.2, 0.25) is 0 Å². The third-order valence-corrected chi connectivity index (χ3v) is 2.22. The van der Waals surface area contributed by atoms with Crippen molar-refractivity contribution in [1.29, 1.82) is 0 Å². The zero-order chi connectivity index (χ0) is 11.5. The molecule has 0 bridgehead atoms. The van der Waals surface area contributed by atoms with Crippen LogP contribution in [0.2, 0.25) is 0 Å². The maximum absolute atomic E-state index is 10.4. The Hall–Kier alpha value is -2.04. The molecule has 0 aliphatic carbocycles. The van der Waals surface area contributed by atoms with E-state index in [4.69, 9.17) is 5.11 Å². The molecule has 0 amide bonds. The van der Waals surface area contributed by atoms with Crippen LogP contribution in [0, 0.1) is 6.92 Å². The van der Waals surface area contributed by atoms with Crippen LogP contribution in [0.3, 0.4) is 0 Å². The van der Waals surface area contributed by atoms with E-state index in [9.17, 15) is 4.79 Å². The molecule has 0 radical (unpaired) electrons. The van der Waals surface area contributed by atoms with Gasteiger partial charge in [0.05, 0.1) is 11.9 Å². The summed E-state index contributed by atoms with van der Waals surface area (Å²) in [6.45, 7) is 1.97. The Morgan fingerprint density at radius 2 is 2.12 bits per heavy atom. The van der Waals surface area contributed by atoms with E-state index < -0.39 is 5.97 Å². The fourth-order valence-corrected chi connectivity index (χ4v) is 1.41. The van der Waals surface area contributed by atoms with Crippen molar-refractivity contribution < 1.29 is 9.90 Å². The third kappa shape index (κ3) is 2.31. The van der Waals surface area contributed by atoms with Gasteiger partial charge in [0.1, 0.15) is 5.52 Å². The molecule has 2 aromatic rings. The topological polar surface area (TPSA) is 76.0 Å². The van der Waals surface area contributed by atoms with Crippen LogP contribution in [0.5, 0.6) is 0 Å². The highest BCUT2D eigenvalue weighted by atomic mass is 16.4. The second-order valence-electron chi connectivity index (χ2n) is 3.61. The molecule has 0 aliphatic rings. The molecule has 5 nitrogen and oxygen atoms in total. The van der Waals surface area contributed by atoms with E-state index >= 15 is 0 Å². The fourth-order valence-electron chi connectivity index (χ4n) is 1.41. The van der Waals surface area contributed by atoms with Crippen LogP contribution in [-0.4, -0.2) is 26.3 Å². The number of carboxylic acids is 1. The molecule has 2 rings (SSSR count). The third-order valence-electron chi connectivity index (χ3n) is 2.22. The van der Waals surface area contributed by atoms with Gasteiger partial charge in [-0.05, 0) is 24.6 Å². The van der Waals surface area contributed by atoms with Gasteiger partial charge >= 0.3 is 5.97 Å². The Labute approximate surface area is 92.2 Å². The van der Waals surface area contributed by atoms with Gasteiger partial charge in [-0.1, -0.05) is 6.07 Å². The number of hydrogen-bond acceptors (Lipinski definition) is 4. The lowest BCUT2D eigenvalue weighted by Gasteiger charge is -2.00. The molecule has 0 atom stereocenters. The van der Waals surface area contributed by atoms with Gasteiger partial charge in [-0.15, -0.1) is 10.2 Å². The molecular formula is C11H11N3O2. The molecule has 1 N–H and O–H groups in total. The molecule has 16 heavy (non-hydrogen) atoms. The van der Waals surface area contributed by atoms with Crippen molar-refractivity contribution in [1.82, 2.24) is 15.2 Å². The first-order valence-corrected chi connectivity index (χ1v) is 4.97. The highest BCUT2D eigenvalue weighted by Gasteiger charge is 2.04. The smallest absolute Gasteiger partial charge is 0.303 e. The van der Waals surface area contributed by atoms with Crippen LogP contribution in [0.25, 0.3) is 11.0 Å². The van der Waals surface area contributed by atoms with Crippen LogP contribution < -0.4 is 0 Å². The monoisotopic (exact) mass is 217 g/mol. The molecule has 5 heteroatoms. The highest BCUT2D eigenvalue weighted by Crippen LogP contribution is 2.10. The van der Waals surface area contributed by atoms with Gasteiger partial charge < -0.3 is 5.11 Å². The number of fused-ring (bicyclic) bond motifs is 1. The largest absolute Gasteiger partial charge is 0.481 e. The Bertz CT molecular complexity index is 540. The number of rotatable bonds is 3. The summed E-state index contributed by atoms with van der Waals surface area (Å²) in [5, 5.41) is 16.4. The molecule has 0 fully saturated rings. The van der Waals surface area contributed by atoms with Crippen molar-refractivity contribution in [3.8, 4) is 0 Å². The van der Waals surface area contributed by atoms with Crippen LogP contribution in [0.15, 0.2) is 18.2 Å².